The summed E-state index contributed by atoms with van der Waals surface area (Å²) in [5.74, 6) is 1.29. The van der Waals surface area contributed by atoms with Crippen LogP contribution in [0.2, 0.25) is 0 Å². The minimum absolute atomic E-state index is 0.0105. The van der Waals surface area contributed by atoms with Gasteiger partial charge in [-0.25, -0.2) is 9.67 Å². The van der Waals surface area contributed by atoms with Gasteiger partial charge in [0.25, 0.3) is 5.69 Å². The van der Waals surface area contributed by atoms with E-state index in [1.807, 2.05) is 31.2 Å². The summed E-state index contributed by atoms with van der Waals surface area (Å²) in [7, 11) is 0. The Balaban J connectivity index is 1.54. The van der Waals surface area contributed by atoms with Crippen LogP contribution < -0.4 is 0 Å². The topological polar surface area (TPSA) is 113 Å². The van der Waals surface area contributed by atoms with Gasteiger partial charge in [-0.15, -0.1) is 0 Å². The van der Waals surface area contributed by atoms with E-state index < -0.39 is 4.92 Å². The van der Waals surface area contributed by atoms with Gasteiger partial charge in [0.1, 0.15) is 12.9 Å². The van der Waals surface area contributed by atoms with Crippen LogP contribution in [0.4, 0.5) is 5.69 Å². The second kappa shape index (κ2) is 6.79. The first kappa shape index (κ1) is 16.6. The third-order valence-corrected chi connectivity index (χ3v) is 4.00. The van der Waals surface area contributed by atoms with Crippen LogP contribution in [0.25, 0.3) is 22.8 Å². The van der Waals surface area contributed by atoms with E-state index in [0.717, 1.165) is 11.1 Å². The molecule has 9 nitrogen and oxygen atoms in total. The fourth-order valence-corrected chi connectivity index (χ4v) is 2.65. The lowest BCUT2D eigenvalue weighted by molar-refractivity contribution is -0.384. The highest BCUT2D eigenvalue weighted by Crippen LogP contribution is 2.22. The molecule has 0 unspecified atom stereocenters. The molecule has 0 saturated heterocycles. The largest absolute Gasteiger partial charge is 0.337 e. The quantitative estimate of drug-likeness (QED) is 0.395. The summed E-state index contributed by atoms with van der Waals surface area (Å²) in [6.45, 7) is 2.23. The van der Waals surface area contributed by atoms with E-state index in [2.05, 4.69) is 20.2 Å². The van der Waals surface area contributed by atoms with Gasteiger partial charge in [-0.2, -0.15) is 10.1 Å². The van der Waals surface area contributed by atoms with Crippen LogP contribution in [0.15, 0.2) is 59.4 Å². The Kier molecular flexibility index (Phi) is 4.17. The first-order valence-corrected chi connectivity index (χ1v) is 8.13. The Hall–Kier alpha value is -3.88. The summed E-state index contributed by atoms with van der Waals surface area (Å²) in [5.41, 5.74) is 2.51. The van der Waals surface area contributed by atoms with Crippen LogP contribution in [-0.2, 0) is 6.54 Å². The molecule has 0 aliphatic heterocycles. The van der Waals surface area contributed by atoms with Crippen LogP contribution in [0.1, 0.15) is 11.5 Å². The summed E-state index contributed by atoms with van der Waals surface area (Å²) in [6, 6.07) is 13.9. The van der Waals surface area contributed by atoms with Crippen LogP contribution >= 0.6 is 0 Å². The zero-order valence-corrected chi connectivity index (χ0v) is 14.3. The Labute approximate surface area is 153 Å². The molecule has 0 fully saturated rings. The number of nitrogens with zero attached hydrogens (tertiary/aromatic N) is 6. The smallest absolute Gasteiger partial charge is 0.270 e. The van der Waals surface area contributed by atoms with Crippen molar-refractivity contribution in [3.05, 3.63) is 76.4 Å². The first-order valence-electron chi connectivity index (χ1n) is 8.13. The van der Waals surface area contributed by atoms with E-state index in [0.29, 0.717) is 23.1 Å². The number of benzene rings is 2. The molecule has 2 aromatic carbocycles. The zero-order chi connectivity index (χ0) is 18.8. The van der Waals surface area contributed by atoms with Crippen LogP contribution in [0.3, 0.4) is 0 Å². The van der Waals surface area contributed by atoms with Crippen LogP contribution in [-0.4, -0.2) is 29.8 Å². The molecule has 0 spiro atoms. The van der Waals surface area contributed by atoms with Crippen molar-refractivity contribution in [1.82, 2.24) is 24.9 Å². The number of rotatable bonds is 5. The summed E-state index contributed by atoms with van der Waals surface area (Å²) >= 11 is 0. The van der Waals surface area contributed by atoms with Crippen molar-refractivity contribution in [3.8, 4) is 22.8 Å². The molecule has 0 radical (unpaired) electrons. The summed E-state index contributed by atoms with van der Waals surface area (Å²) < 4.78 is 6.85. The molecule has 0 N–H and O–H groups in total. The van der Waals surface area contributed by atoms with E-state index in [-0.39, 0.29) is 12.2 Å². The molecule has 0 amide bonds. The molecule has 0 aliphatic rings. The number of aryl methyl sites for hydroxylation is 1. The van der Waals surface area contributed by atoms with Gasteiger partial charge in [0.15, 0.2) is 5.82 Å². The molecule has 0 saturated carbocycles. The Morgan fingerprint density at radius 3 is 2.81 bits per heavy atom. The molecule has 4 aromatic rings. The van der Waals surface area contributed by atoms with Gasteiger partial charge in [-0.3, -0.25) is 10.1 Å². The molecule has 27 heavy (non-hydrogen) atoms. The molecule has 2 heterocycles. The molecule has 0 bridgehead atoms. The van der Waals surface area contributed by atoms with Gasteiger partial charge in [0, 0.05) is 23.3 Å². The molecule has 4 rings (SSSR count). The molecule has 9 heteroatoms. The summed E-state index contributed by atoms with van der Waals surface area (Å²) in [5, 5.41) is 19.3. The fraction of sp³-hybridized carbons (Fsp3) is 0.111. The van der Waals surface area contributed by atoms with Crippen molar-refractivity contribution in [2.75, 3.05) is 0 Å². The van der Waals surface area contributed by atoms with E-state index in [1.54, 1.807) is 16.8 Å². The van der Waals surface area contributed by atoms with E-state index in [4.69, 9.17) is 4.52 Å². The van der Waals surface area contributed by atoms with Crippen molar-refractivity contribution < 1.29 is 9.45 Å². The van der Waals surface area contributed by atoms with Crippen molar-refractivity contribution in [1.29, 1.82) is 0 Å². The first-order chi connectivity index (χ1) is 13.1. The lowest BCUT2D eigenvalue weighted by Gasteiger charge is -1.98. The number of non-ortho nitro benzene ring substituents is 1. The fourth-order valence-electron chi connectivity index (χ4n) is 2.65. The number of hydrogen-bond donors (Lipinski definition) is 0. The molecular weight excluding hydrogens is 348 g/mol. The molecular formula is C18H14N6O3. The van der Waals surface area contributed by atoms with Crippen molar-refractivity contribution in [2.45, 2.75) is 13.5 Å². The van der Waals surface area contributed by atoms with Crippen LogP contribution in [0.5, 0.6) is 0 Å². The highest BCUT2D eigenvalue weighted by atomic mass is 16.6. The van der Waals surface area contributed by atoms with Gasteiger partial charge in [-0.1, -0.05) is 41.6 Å². The number of aromatic nitrogens is 5. The second-order valence-electron chi connectivity index (χ2n) is 5.90. The zero-order valence-electron chi connectivity index (χ0n) is 14.3. The predicted octanol–water partition coefficient (Wildman–Crippen LogP) is 3.26. The third kappa shape index (κ3) is 3.43. The average molecular weight is 362 g/mol. The van der Waals surface area contributed by atoms with E-state index in [9.17, 15) is 10.1 Å². The van der Waals surface area contributed by atoms with Gasteiger partial charge in [0.2, 0.25) is 11.7 Å². The number of hydrogen-bond acceptors (Lipinski definition) is 7. The molecule has 0 aliphatic carbocycles. The van der Waals surface area contributed by atoms with Gasteiger partial charge in [-0.05, 0) is 12.5 Å². The Morgan fingerprint density at radius 2 is 2.00 bits per heavy atom. The SMILES string of the molecule is Cc1ccccc1-c1noc(Cn2cnc(-c3cccc([N+](=O)[O-])c3)n2)n1. The monoisotopic (exact) mass is 362 g/mol. The summed E-state index contributed by atoms with van der Waals surface area (Å²) in [6.07, 6.45) is 1.52. The predicted molar refractivity (Wildman–Crippen MR) is 95.7 cm³/mol. The Bertz CT molecular complexity index is 1120. The maximum atomic E-state index is 10.9. The number of nitro groups is 1. The minimum atomic E-state index is -0.452. The van der Waals surface area contributed by atoms with Crippen molar-refractivity contribution >= 4 is 5.69 Å². The van der Waals surface area contributed by atoms with Crippen molar-refractivity contribution in [2.24, 2.45) is 0 Å². The van der Waals surface area contributed by atoms with Gasteiger partial charge < -0.3 is 4.52 Å². The lowest BCUT2D eigenvalue weighted by atomic mass is 10.1. The highest BCUT2D eigenvalue weighted by Gasteiger charge is 2.13. The average Bonchev–Trinajstić information content (AvgIpc) is 3.32. The normalized spacial score (nSPS) is 10.9. The Morgan fingerprint density at radius 1 is 1.15 bits per heavy atom. The number of nitro benzene ring substituents is 1. The molecule has 2 aromatic heterocycles. The van der Waals surface area contributed by atoms with E-state index >= 15 is 0 Å². The third-order valence-electron chi connectivity index (χ3n) is 4.00. The second-order valence-corrected chi connectivity index (χ2v) is 5.90. The van der Waals surface area contributed by atoms with Gasteiger partial charge in [0.05, 0.1) is 4.92 Å². The van der Waals surface area contributed by atoms with Gasteiger partial charge >= 0.3 is 0 Å². The molecule has 0 atom stereocenters. The van der Waals surface area contributed by atoms with Crippen LogP contribution in [0, 0.1) is 17.0 Å². The van der Waals surface area contributed by atoms with E-state index in [1.165, 1.54) is 18.5 Å². The van der Waals surface area contributed by atoms with Crippen molar-refractivity contribution in [3.63, 3.8) is 0 Å². The maximum absolute atomic E-state index is 10.9. The molecule has 134 valence electrons. The lowest BCUT2D eigenvalue weighted by Crippen LogP contribution is -2.01. The highest BCUT2D eigenvalue weighted by molar-refractivity contribution is 5.59. The summed E-state index contributed by atoms with van der Waals surface area (Å²) in [4.78, 5) is 19.1. The standard InChI is InChI=1S/C18H14N6O3/c1-12-5-2-3-8-15(12)18-20-16(27-22-18)10-23-11-19-17(21-23)13-6-4-7-14(9-13)24(25)26/h2-9,11H,10H2,1H3. The maximum Gasteiger partial charge on any atom is 0.270 e. The minimum Gasteiger partial charge on any atom is -0.337 e.